The minimum atomic E-state index is -0.534. The molecule has 2 atom stereocenters. The first-order valence-corrected chi connectivity index (χ1v) is 9.95. The molecule has 2 aromatic rings. The molecule has 0 radical (unpaired) electrons. The van der Waals surface area contributed by atoms with Crippen molar-refractivity contribution in [1.82, 2.24) is 0 Å². The van der Waals surface area contributed by atoms with Gasteiger partial charge in [-0.15, -0.1) is 0 Å². The predicted molar refractivity (Wildman–Crippen MR) is 114 cm³/mol. The molecule has 3 rings (SSSR count). The van der Waals surface area contributed by atoms with E-state index in [4.69, 9.17) is 9.15 Å². The van der Waals surface area contributed by atoms with E-state index in [1.165, 1.54) is 6.07 Å². The van der Waals surface area contributed by atoms with E-state index >= 15 is 0 Å². The molecule has 2 heterocycles. The molecule has 1 aromatic heterocycles. The first-order chi connectivity index (χ1) is 13.6. The number of hydrogen-bond acceptors (Lipinski definition) is 5. The molecule has 5 heteroatoms. The summed E-state index contributed by atoms with van der Waals surface area (Å²) in [4.78, 5) is 24.4. The number of hydrogen-bond donors (Lipinski definition) is 1. The summed E-state index contributed by atoms with van der Waals surface area (Å²) < 4.78 is 11.7. The lowest BCUT2D eigenvalue weighted by Crippen LogP contribution is -2.33. The fourth-order valence-corrected chi connectivity index (χ4v) is 3.91. The van der Waals surface area contributed by atoms with Crippen LogP contribution in [0.15, 0.2) is 50.7 Å². The third-order valence-corrected chi connectivity index (χ3v) is 5.63. The highest BCUT2D eigenvalue weighted by Crippen LogP contribution is 2.48. The molecular formula is C24H28O5. The molecule has 1 aliphatic rings. The Labute approximate surface area is 170 Å². The van der Waals surface area contributed by atoms with E-state index < -0.39 is 11.2 Å². The van der Waals surface area contributed by atoms with E-state index in [1.807, 2.05) is 34.6 Å². The lowest BCUT2D eigenvalue weighted by molar-refractivity contribution is -0.110. The number of benzene rings is 1. The number of aromatic hydroxyl groups is 1. The summed E-state index contributed by atoms with van der Waals surface area (Å²) in [6, 6.07) is 4.70. The summed E-state index contributed by atoms with van der Waals surface area (Å²) in [5.74, 6) is 0.485. The average molecular weight is 396 g/mol. The lowest BCUT2D eigenvalue weighted by atomic mass is 9.83. The van der Waals surface area contributed by atoms with Gasteiger partial charge in [0.25, 0.3) is 0 Å². The van der Waals surface area contributed by atoms with E-state index in [-0.39, 0.29) is 17.5 Å². The Bertz CT molecular complexity index is 1070. The maximum Gasteiger partial charge on any atom is 0.343 e. The predicted octanol–water partition coefficient (Wildman–Crippen LogP) is 5.41. The Morgan fingerprint density at radius 1 is 1.24 bits per heavy atom. The molecule has 29 heavy (non-hydrogen) atoms. The quantitative estimate of drug-likeness (QED) is 0.522. The number of phenols is 1. The first-order valence-electron chi connectivity index (χ1n) is 9.95. The molecule has 0 saturated carbocycles. The molecule has 0 fully saturated rings. The van der Waals surface area contributed by atoms with Crippen LogP contribution in [0.3, 0.4) is 0 Å². The van der Waals surface area contributed by atoms with Gasteiger partial charge in [0.1, 0.15) is 22.7 Å². The van der Waals surface area contributed by atoms with Crippen LogP contribution in [0.2, 0.25) is 0 Å². The van der Waals surface area contributed by atoms with Crippen LogP contribution < -0.4 is 10.4 Å². The van der Waals surface area contributed by atoms with Gasteiger partial charge in [-0.25, -0.2) is 4.79 Å². The van der Waals surface area contributed by atoms with Gasteiger partial charge >= 0.3 is 5.63 Å². The van der Waals surface area contributed by atoms with Crippen molar-refractivity contribution in [3.05, 3.63) is 57.5 Å². The van der Waals surface area contributed by atoms with Gasteiger partial charge in [-0.1, -0.05) is 18.1 Å². The first kappa shape index (κ1) is 20.9. The van der Waals surface area contributed by atoms with E-state index in [2.05, 4.69) is 0 Å². The zero-order valence-electron chi connectivity index (χ0n) is 17.7. The number of allylic oxidation sites excluding steroid dienone is 4. The average Bonchev–Trinajstić information content (AvgIpc) is 2.86. The van der Waals surface area contributed by atoms with Crippen LogP contribution in [-0.4, -0.2) is 16.5 Å². The molecule has 0 amide bonds. The maximum absolute atomic E-state index is 12.5. The normalized spacial score (nSPS) is 21.0. The fraction of sp³-hybridized carbons (Fsp3) is 0.417. The van der Waals surface area contributed by atoms with Crippen LogP contribution in [0.25, 0.3) is 11.0 Å². The van der Waals surface area contributed by atoms with E-state index in [1.54, 1.807) is 24.3 Å². The molecule has 1 N–H and O–H groups in total. The summed E-state index contributed by atoms with van der Waals surface area (Å²) in [6.45, 7) is 9.76. The summed E-state index contributed by atoms with van der Waals surface area (Å²) in [5, 5.41) is 10.4. The molecule has 5 nitrogen and oxygen atoms in total. The monoisotopic (exact) mass is 396 g/mol. The molecule has 154 valence electrons. The van der Waals surface area contributed by atoms with Crippen molar-refractivity contribution in [3.8, 4) is 11.5 Å². The standard InChI is InChI=1S/C24H28O5/c1-14(2)11-18(26)12-15(3)7-6-10-24(5)16(4)21-22(29-24)19-9-8-17(25)13-20(19)28-23(21)27/h8-9,11-13,16,25H,6-7,10H2,1-5H3/b15-12+/t16-,24-/m1/s1. The third kappa shape index (κ3) is 4.29. The van der Waals surface area contributed by atoms with Gasteiger partial charge in [-0.3, -0.25) is 4.79 Å². The minimum Gasteiger partial charge on any atom is -0.508 e. The molecule has 0 aliphatic carbocycles. The minimum absolute atomic E-state index is 0.0129. The number of ether oxygens (including phenoxy) is 1. The number of carbonyl (C=O) groups excluding carboxylic acids is 1. The molecule has 0 unspecified atom stereocenters. The van der Waals surface area contributed by atoms with Crippen molar-refractivity contribution >= 4 is 16.8 Å². The molecule has 0 bridgehead atoms. The second-order valence-corrected chi connectivity index (χ2v) is 8.42. The number of carbonyl (C=O) groups is 1. The summed E-state index contributed by atoms with van der Waals surface area (Å²) in [7, 11) is 0. The highest BCUT2D eigenvalue weighted by atomic mass is 16.5. The van der Waals surface area contributed by atoms with Gasteiger partial charge in [0.2, 0.25) is 0 Å². The largest absolute Gasteiger partial charge is 0.508 e. The second kappa shape index (κ2) is 7.90. The van der Waals surface area contributed by atoms with Crippen molar-refractivity contribution < 1.29 is 19.1 Å². The van der Waals surface area contributed by atoms with E-state index in [0.717, 1.165) is 30.4 Å². The molecule has 1 aliphatic heterocycles. The number of phenolic OH excluding ortho intramolecular Hbond substituents is 1. The highest BCUT2D eigenvalue weighted by Gasteiger charge is 2.44. The van der Waals surface area contributed by atoms with Crippen molar-refractivity contribution in [3.63, 3.8) is 0 Å². The van der Waals surface area contributed by atoms with Crippen LogP contribution in [-0.2, 0) is 4.79 Å². The third-order valence-electron chi connectivity index (χ3n) is 5.63. The van der Waals surface area contributed by atoms with Crippen LogP contribution in [0.1, 0.15) is 65.4 Å². The Morgan fingerprint density at radius 3 is 2.66 bits per heavy atom. The fourth-order valence-electron chi connectivity index (χ4n) is 3.91. The zero-order chi connectivity index (χ0) is 21.3. The Balaban J connectivity index is 1.77. The second-order valence-electron chi connectivity index (χ2n) is 8.42. The van der Waals surface area contributed by atoms with Crippen LogP contribution in [0, 0.1) is 0 Å². The van der Waals surface area contributed by atoms with Crippen LogP contribution >= 0.6 is 0 Å². The molecule has 1 aromatic carbocycles. The lowest BCUT2D eigenvalue weighted by Gasteiger charge is -2.28. The number of fused-ring (bicyclic) bond motifs is 3. The van der Waals surface area contributed by atoms with Crippen LogP contribution in [0.4, 0.5) is 0 Å². The Kier molecular flexibility index (Phi) is 5.69. The smallest absolute Gasteiger partial charge is 0.343 e. The summed E-state index contributed by atoms with van der Waals surface area (Å²) in [6.07, 6.45) is 5.67. The van der Waals surface area contributed by atoms with Gasteiger partial charge < -0.3 is 14.3 Å². The SMILES string of the molecule is CC(C)=CC(=O)/C=C(\C)CCC[C@@]1(C)Oc2c(c(=O)oc3cc(O)ccc23)[C@H]1C. The maximum atomic E-state index is 12.5. The molecular weight excluding hydrogens is 368 g/mol. The Hall–Kier alpha value is -2.82. The van der Waals surface area contributed by atoms with E-state index in [9.17, 15) is 14.7 Å². The van der Waals surface area contributed by atoms with Gasteiger partial charge in [0, 0.05) is 12.0 Å². The molecule has 0 saturated heterocycles. The van der Waals surface area contributed by atoms with Crippen molar-refractivity contribution in [2.75, 3.05) is 0 Å². The highest BCUT2D eigenvalue weighted by molar-refractivity contribution is 6.00. The van der Waals surface area contributed by atoms with Crippen molar-refractivity contribution in [2.24, 2.45) is 0 Å². The summed E-state index contributed by atoms with van der Waals surface area (Å²) >= 11 is 0. The Morgan fingerprint density at radius 2 is 1.97 bits per heavy atom. The van der Waals surface area contributed by atoms with Crippen LogP contribution in [0.5, 0.6) is 11.5 Å². The summed E-state index contributed by atoms with van der Waals surface area (Å²) in [5.41, 5.74) is 1.93. The number of rotatable bonds is 6. The zero-order valence-corrected chi connectivity index (χ0v) is 17.7. The van der Waals surface area contributed by atoms with Gasteiger partial charge in [-0.2, -0.15) is 0 Å². The molecule has 0 spiro atoms. The van der Waals surface area contributed by atoms with Gasteiger partial charge in [0.15, 0.2) is 5.78 Å². The van der Waals surface area contributed by atoms with Crippen molar-refractivity contribution in [2.45, 2.75) is 65.4 Å². The van der Waals surface area contributed by atoms with Gasteiger partial charge in [0.05, 0.1) is 10.9 Å². The number of ketones is 1. The van der Waals surface area contributed by atoms with Gasteiger partial charge in [-0.05, 0) is 71.2 Å². The van der Waals surface area contributed by atoms with E-state index in [0.29, 0.717) is 22.3 Å². The van der Waals surface area contributed by atoms with Crippen molar-refractivity contribution in [1.29, 1.82) is 0 Å². The topological polar surface area (TPSA) is 76.7 Å².